The van der Waals surface area contributed by atoms with E-state index in [1.807, 2.05) is 18.2 Å². The number of carbonyl (C=O) groups is 1. The van der Waals surface area contributed by atoms with Crippen LogP contribution in [-0.4, -0.2) is 37.1 Å². The van der Waals surface area contributed by atoms with Crippen LogP contribution < -0.4 is 5.32 Å². The minimum absolute atomic E-state index is 0.123. The van der Waals surface area contributed by atoms with E-state index < -0.39 is 5.82 Å². The zero-order valence-electron chi connectivity index (χ0n) is 15.8. The third kappa shape index (κ3) is 3.79. The first kappa shape index (κ1) is 18.7. The Balaban J connectivity index is 1.48. The molecule has 0 spiro atoms. The molecule has 1 aromatic heterocycles. The molecule has 0 unspecified atom stereocenters. The fourth-order valence-electron chi connectivity index (χ4n) is 3.57. The van der Waals surface area contributed by atoms with Crippen molar-refractivity contribution in [2.75, 3.05) is 26.3 Å². The third-order valence-electron chi connectivity index (χ3n) is 5.18. The summed E-state index contributed by atoms with van der Waals surface area (Å²) >= 11 is 0. The summed E-state index contributed by atoms with van der Waals surface area (Å²) in [4.78, 5) is 15.0. The van der Waals surface area contributed by atoms with Crippen LogP contribution in [0, 0.1) is 12.7 Å². The minimum Gasteiger partial charge on any atom is -0.448 e. The van der Waals surface area contributed by atoms with Gasteiger partial charge in [-0.1, -0.05) is 36.4 Å². The van der Waals surface area contributed by atoms with Crippen molar-refractivity contribution >= 4 is 16.9 Å². The van der Waals surface area contributed by atoms with E-state index in [9.17, 15) is 9.18 Å². The van der Waals surface area contributed by atoms with E-state index in [-0.39, 0.29) is 17.3 Å². The Labute approximate surface area is 163 Å². The molecule has 6 heteroatoms. The average Bonchev–Trinajstić information content (AvgIpc) is 3.06. The van der Waals surface area contributed by atoms with Gasteiger partial charge in [0.1, 0.15) is 0 Å². The second kappa shape index (κ2) is 8.12. The monoisotopic (exact) mass is 382 g/mol. The van der Waals surface area contributed by atoms with Crippen molar-refractivity contribution in [2.45, 2.75) is 20.0 Å². The highest BCUT2D eigenvalue weighted by atomic mass is 19.1. The van der Waals surface area contributed by atoms with E-state index in [4.69, 9.17) is 9.15 Å². The van der Waals surface area contributed by atoms with Crippen LogP contribution in [0.5, 0.6) is 0 Å². The van der Waals surface area contributed by atoms with Gasteiger partial charge < -0.3 is 14.5 Å². The van der Waals surface area contributed by atoms with E-state index in [1.165, 1.54) is 11.6 Å². The van der Waals surface area contributed by atoms with Gasteiger partial charge in [-0.05, 0) is 24.1 Å². The summed E-state index contributed by atoms with van der Waals surface area (Å²) in [6.45, 7) is 6.30. The molecular weight excluding hydrogens is 359 g/mol. The van der Waals surface area contributed by atoms with Gasteiger partial charge in [0, 0.05) is 37.1 Å². The second-order valence-electron chi connectivity index (χ2n) is 7.01. The van der Waals surface area contributed by atoms with Crippen LogP contribution in [0.15, 0.2) is 46.9 Å². The number of furan rings is 1. The molecule has 1 N–H and O–H groups in total. The lowest BCUT2D eigenvalue weighted by Gasteiger charge is -2.27. The SMILES string of the molecule is Cc1c(C(=O)NCc2ccccc2CN2CCOCC2)oc2c(F)cccc12. The maximum atomic E-state index is 13.9. The molecule has 1 saturated heterocycles. The average molecular weight is 382 g/mol. The van der Waals surface area contributed by atoms with Crippen molar-refractivity contribution in [1.29, 1.82) is 0 Å². The first-order chi connectivity index (χ1) is 13.6. The van der Waals surface area contributed by atoms with E-state index in [0.29, 0.717) is 17.5 Å². The first-order valence-electron chi connectivity index (χ1n) is 9.46. The highest BCUT2D eigenvalue weighted by Crippen LogP contribution is 2.27. The number of fused-ring (bicyclic) bond motifs is 1. The molecule has 2 heterocycles. The zero-order chi connectivity index (χ0) is 19.5. The molecule has 4 rings (SSSR count). The number of nitrogens with one attached hydrogen (secondary N) is 1. The number of nitrogens with zero attached hydrogens (tertiary/aromatic N) is 1. The summed E-state index contributed by atoms with van der Waals surface area (Å²) in [5, 5.41) is 3.54. The molecule has 146 valence electrons. The number of morpholine rings is 1. The smallest absolute Gasteiger partial charge is 0.287 e. The normalized spacial score (nSPS) is 15.1. The lowest BCUT2D eigenvalue weighted by Crippen LogP contribution is -2.36. The Morgan fingerprint density at radius 1 is 1.11 bits per heavy atom. The highest BCUT2D eigenvalue weighted by molar-refractivity contribution is 5.98. The second-order valence-corrected chi connectivity index (χ2v) is 7.01. The number of rotatable bonds is 5. The first-order valence-corrected chi connectivity index (χ1v) is 9.46. The van der Waals surface area contributed by atoms with Crippen LogP contribution in [0.25, 0.3) is 11.0 Å². The number of benzene rings is 2. The summed E-state index contributed by atoms with van der Waals surface area (Å²) in [6, 6.07) is 12.8. The van der Waals surface area contributed by atoms with Crippen molar-refractivity contribution in [3.63, 3.8) is 0 Å². The minimum atomic E-state index is -0.462. The molecule has 1 amide bonds. The number of amides is 1. The summed E-state index contributed by atoms with van der Waals surface area (Å²) < 4.78 is 24.9. The van der Waals surface area contributed by atoms with Crippen LogP contribution in [0.4, 0.5) is 4.39 Å². The molecule has 1 aliphatic rings. The Hall–Kier alpha value is -2.70. The molecule has 28 heavy (non-hydrogen) atoms. The molecule has 1 aliphatic heterocycles. The summed E-state index contributed by atoms with van der Waals surface area (Å²) in [5.41, 5.74) is 3.01. The van der Waals surface area contributed by atoms with Crippen LogP contribution in [-0.2, 0) is 17.8 Å². The van der Waals surface area contributed by atoms with Crippen LogP contribution in [0.1, 0.15) is 27.2 Å². The largest absolute Gasteiger partial charge is 0.448 e. The van der Waals surface area contributed by atoms with Gasteiger partial charge in [-0.2, -0.15) is 0 Å². The molecule has 1 fully saturated rings. The lowest BCUT2D eigenvalue weighted by atomic mass is 10.1. The predicted octanol–water partition coefficient (Wildman–Crippen LogP) is 3.64. The molecule has 0 aliphatic carbocycles. The van der Waals surface area contributed by atoms with E-state index in [1.54, 1.807) is 19.1 Å². The van der Waals surface area contributed by atoms with E-state index >= 15 is 0 Å². The van der Waals surface area contributed by atoms with Gasteiger partial charge in [-0.15, -0.1) is 0 Å². The van der Waals surface area contributed by atoms with E-state index in [0.717, 1.165) is 38.4 Å². The van der Waals surface area contributed by atoms with Gasteiger partial charge in [0.05, 0.1) is 13.2 Å². The van der Waals surface area contributed by atoms with Crippen LogP contribution in [0.3, 0.4) is 0 Å². The molecule has 0 atom stereocenters. The highest BCUT2D eigenvalue weighted by Gasteiger charge is 2.20. The van der Waals surface area contributed by atoms with E-state index in [2.05, 4.69) is 16.3 Å². The number of carbonyl (C=O) groups excluding carboxylic acids is 1. The molecule has 0 bridgehead atoms. The number of halogens is 1. The molecule has 2 aromatic carbocycles. The lowest BCUT2D eigenvalue weighted by molar-refractivity contribution is 0.0340. The third-order valence-corrected chi connectivity index (χ3v) is 5.18. The van der Waals surface area contributed by atoms with Gasteiger partial charge in [-0.25, -0.2) is 4.39 Å². The van der Waals surface area contributed by atoms with Gasteiger partial charge in [-0.3, -0.25) is 9.69 Å². The molecule has 0 saturated carbocycles. The Bertz CT molecular complexity index is 993. The van der Waals surface area contributed by atoms with Crippen molar-refractivity contribution < 1.29 is 18.3 Å². The number of ether oxygens (including phenoxy) is 1. The number of aryl methyl sites for hydroxylation is 1. The van der Waals surface area contributed by atoms with Crippen molar-refractivity contribution in [2.24, 2.45) is 0 Å². The van der Waals surface area contributed by atoms with Gasteiger partial charge >= 0.3 is 0 Å². The maximum absolute atomic E-state index is 13.9. The Kier molecular flexibility index (Phi) is 5.41. The molecular formula is C22H23FN2O3. The summed E-state index contributed by atoms with van der Waals surface area (Å²) in [6.07, 6.45) is 0. The molecule has 0 radical (unpaired) electrons. The number of hydrogen-bond donors (Lipinski definition) is 1. The van der Waals surface area contributed by atoms with Gasteiger partial charge in [0.25, 0.3) is 5.91 Å². The van der Waals surface area contributed by atoms with Gasteiger partial charge in [0.2, 0.25) is 0 Å². The van der Waals surface area contributed by atoms with Crippen LogP contribution >= 0.6 is 0 Å². The zero-order valence-corrected chi connectivity index (χ0v) is 15.8. The fraction of sp³-hybridized carbons (Fsp3) is 0.318. The topological polar surface area (TPSA) is 54.7 Å². The van der Waals surface area contributed by atoms with Gasteiger partial charge in [0.15, 0.2) is 17.2 Å². The summed E-state index contributed by atoms with van der Waals surface area (Å²) in [5.74, 6) is -0.643. The Morgan fingerprint density at radius 2 is 1.86 bits per heavy atom. The number of para-hydroxylation sites is 1. The van der Waals surface area contributed by atoms with Crippen molar-refractivity contribution in [1.82, 2.24) is 10.2 Å². The molecule has 5 nitrogen and oxygen atoms in total. The van der Waals surface area contributed by atoms with Crippen molar-refractivity contribution in [3.05, 3.63) is 70.7 Å². The maximum Gasteiger partial charge on any atom is 0.287 e. The Morgan fingerprint density at radius 3 is 2.61 bits per heavy atom. The molecule has 3 aromatic rings. The quantitative estimate of drug-likeness (QED) is 0.732. The fourth-order valence-corrected chi connectivity index (χ4v) is 3.57. The van der Waals surface area contributed by atoms with Crippen molar-refractivity contribution in [3.8, 4) is 0 Å². The standard InChI is InChI=1S/C22H23FN2O3/c1-15-18-7-4-8-19(23)21(18)28-20(15)22(26)24-13-16-5-2-3-6-17(16)14-25-9-11-27-12-10-25/h2-8H,9-14H2,1H3,(H,24,26). The predicted molar refractivity (Wildman–Crippen MR) is 105 cm³/mol. The number of hydrogen-bond acceptors (Lipinski definition) is 4. The van der Waals surface area contributed by atoms with Crippen LogP contribution in [0.2, 0.25) is 0 Å². The summed E-state index contributed by atoms with van der Waals surface area (Å²) in [7, 11) is 0.